The molecule has 1 aliphatic heterocycles. The van der Waals surface area contributed by atoms with Crippen LogP contribution in [0.4, 0.5) is 0 Å². The zero-order valence-corrected chi connectivity index (χ0v) is 20.4. The highest BCUT2D eigenvalue weighted by Crippen LogP contribution is 2.35. The molecule has 1 saturated heterocycles. The van der Waals surface area contributed by atoms with Crippen molar-refractivity contribution in [2.75, 3.05) is 53.0 Å². The van der Waals surface area contributed by atoms with E-state index in [9.17, 15) is 0 Å². The van der Waals surface area contributed by atoms with Gasteiger partial charge in [-0.1, -0.05) is 26.0 Å². The average molecular weight is 433 g/mol. The second-order valence-electron chi connectivity index (χ2n) is 8.49. The summed E-state index contributed by atoms with van der Waals surface area (Å²) in [6.45, 7) is 15.2. The first-order valence-electron chi connectivity index (χ1n) is 12.1. The number of aliphatic imine (C=N–C) groups is 1. The Morgan fingerprint density at radius 1 is 1.16 bits per heavy atom. The molecule has 176 valence electrons. The molecule has 0 radical (unpaired) electrons. The largest absolute Gasteiger partial charge is 0.494 e. The Bertz CT molecular complexity index is 637. The van der Waals surface area contributed by atoms with E-state index in [4.69, 9.17) is 9.47 Å². The van der Waals surface area contributed by atoms with Crippen LogP contribution in [-0.4, -0.2) is 69.9 Å². The highest BCUT2D eigenvalue weighted by atomic mass is 16.5. The van der Waals surface area contributed by atoms with Crippen molar-refractivity contribution in [3.05, 3.63) is 29.8 Å². The van der Waals surface area contributed by atoms with Gasteiger partial charge < -0.3 is 25.0 Å². The van der Waals surface area contributed by atoms with Crippen LogP contribution in [0, 0.1) is 0 Å². The number of nitrogens with one attached hydrogen (secondary N) is 2. The van der Waals surface area contributed by atoms with Gasteiger partial charge in [-0.2, -0.15) is 0 Å². The lowest BCUT2D eigenvalue weighted by Gasteiger charge is -2.38. The summed E-state index contributed by atoms with van der Waals surface area (Å²) >= 11 is 0. The third kappa shape index (κ3) is 8.00. The Kier molecular flexibility index (Phi) is 11.2. The number of hydrogen-bond acceptors (Lipinski definition) is 4. The summed E-state index contributed by atoms with van der Waals surface area (Å²) in [7, 11) is 1.85. The van der Waals surface area contributed by atoms with Crippen molar-refractivity contribution in [2.24, 2.45) is 4.99 Å². The van der Waals surface area contributed by atoms with Gasteiger partial charge in [-0.15, -0.1) is 0 Å². The minimum atomic E-state index is 0.0482. The van der Waals surface area contributed by atoms with Gasteiger partial charge in [0.25, 0.3) is 0 Å². The van der Waals surface area contributed by atoms with Gasteiger partial charge in [0.15, 0.2) is 5.96 Å². The summed E-state index contributed by atoms with van der Waals surface area (Å²) in [6, 6.07) is 8.98. The van der Waals surface area contributed by atoms with Gasteiger partial charge in [-0.05, 0) is 76.9 Å². The normalized spacial score (nSPS) is 17.4. The minimum absolute atomic E-state index is 0.0482. The van der Waals surface area contributed by atoms with Crippen molar-refractivity contribution >= 4 is 5.96 Å². The summed E-state index contributed by atoms with van der Waals surface area (Å²) in [5, 5.41) is 7.19. The van der Waals surface area contributed by atoms with E-state index >= 15 is 0 Å². The van der Waals surface area contributed by atoms with Crippen LogP contribution in [0.3, 0.4) is 0 Å². The molecule has 0 spiro atoms. The first-order chi connectivity index (χ1) is 15.1. The Morgan fingerprint density at radius 2 is 1.84 bits per heavy atom. The zero-order chi connectivity index (χ0) is 22.5. The Labute approximate surface area is 189 Å². The third-order valence-electron chi connectivity index (χ3n) is 6.43. The molecule has 2 rings (SSSR count). The molecule has 1 unspecified atom stereocenters. The fraction of sp³-hybridized carbons (Fsp3) is 0.720. The molecule has 6 nitrogen and oxygen atoms in total. The van der Waals surface area contributed by atoms with Crippen LogP contribution in [0.5, 0.6) is 5.75 Å². The maximum absolute atomic E-state index is 5.69. The molecule has 1 atom stereocenters. The zero-order valence-electron chi connectivity index (χ0n) is 20.4. The summed E-state index contributed by atoms with van der Waals surface area (Å²) in [5.41, 5.74) is 1.39. The van der Waals surface area contributed by atoms with Crippen LogP contribution in [0.2, 0.25) is 0 Å². The summed E-state index contributed by atoms with van der Waals surface area (Å²) in [6.07, 6.45) is 4.34. The molecule has 0 saturated carbocycles. The molecule has 31 heavy (non-hydrogen) atoms. The van der Waals surface area contributed by atoms with Crippen molar-refractivity contribution in [1.29, 1.82) is 0 Å². The molecule has 0 amide bonds. The lowest BCUT2D eigenvalue weighted by molar-refractivity contribution is 0.0513. The quantitative estimate of drug-likeness (QED) is 0.389. The Balaban J connectivity index is 1.93. The second-order valence-corrected chi connectivity index (χ2v) is 8.49. The number of guanidine groups is 1. The number of nitrogens with zero attached hydrogens (tertiary/aromatic N) is 2. The summed E-state index contributed by atoms with van der Waals surface area (Å²) in [4.78, 5) is 6.96. The highest BCUT2D eigenvalue weighted by Gasteiger charge is 2.34. The Hall–Kier alpha value is -1.79. The van der Waals surface area contributed by atoms with Crippen LogP contribution in [0.25, 0.3) is 0 Å². The van der Waals surface area contributed by atoms with E-state index in [-0.39, 0.29) is 5.41 Å². The van der Waals surface area contributed by atoms with Crippen LogP contribution in [0.15, 0.2) is 29.3 Å². The van der Waals surface area contributed by atoms with Crippen molar-refractivity contribution in [3.63, 3.8) is 0 Å². The smallest absolute Gasteiger partial charge is 0.191 e. The first kappa shape index (κ1) is 25.5. The summed E-state index contributed by atoms with van der Waals surface area (Å²) in [5.74, 6) is 1.81. The van der Waals surface area contributed by atoms with Gasteiger partial charge in [0, 0.05) is 38.3 Å². The minimum Gasteiger partial charge on any atom is -0.494 e. The van der Waals surface area contributed by atoms with Crippen molar-refractivity contribution in [3.8, 4) is 5.75 Å². The van der Waals surface area contributed by atoms with Crippen LogP contribution in [0.1, 0.15) is 58.9 Å². The maximum atomic E-state index is 5.69. The monoisotopic (exact) mass is 432 g/mol. The van der Waals surface area contributed by atoms with Gasteiger partial charge in [0.05, 0.1) is 6.61 Å². The van der Waals surface area contributed by atoms with Gasteiger partial charge in [0.2, 0.25) is 0 Å². The molecule has 1 aliphatic rings. The van der Waals surface area contributed by atoms with Gasteiger partial charge in [0.1, 0.15) is 5.75 Å². The number of benzene rings is 1. The van der Waals surface area contributed by atoms with E-state index in [0.717, 1.165) is 70.4 Å². The highest BCUT2D eigenvalue weighted by molar-refractivity contribution is 5.80. The van der Waals surface area contributed by atoms with Crippen molar-refractivity contribution in [1.82, 2.24) is 15.5 Å². The molecule has 1 aromatic carbocycles. The third-order valence-corrected chi connectivity index (χ3v) is 6.43. The maximum Gasteiger partial charge on any atom is 0.191 e. The van der Waals surface area contributed by atoms with Gasteiger partial charge >= 0.3 is 0 Å². The predicted octanol–water partition coefficient (Wildman–Crippen LogP) is 3.81. The number of rotatable bonds is 12. The van der Waals surface area contributed by atoms with Crippen LogP contribution < -0.4 is 15.4 Å². The van der Waals surface area contributed by atoms with E-state index in [1.54, 1.807) is 0 Å². The predicted molar refractivity (Wildman–Crippen MR) is 130 cm³/mol. The molecule has 1 aromatic rings. The standard InChI is InChI=1S/C25H44N4O2/c1-6-29(7-2)17-9-10-21(4)28-24(26-5)27-20-25(15-18-30-19-16-25)22-11-13-23(14-12-22)31-8-3/h11-14,21H,6-10,15-20H2,1-5H3,(H2,26,27,28). The van der Waals surface area contributed by atoms with E-state index in [1.807, 2.05) is 14.0 Å². The molecule has 1 fully saturated rings. The first-order valence-corrected chi connectivity index (χ1v) is 12.1. The molecule has 6 heteroatoms. The molecule has 2 N–H and O–H groups in total. The van der Waals surface area contributed by atoms with Gasteiger partial charge in [-0.3, -0.25) is 4.99 Å². The number of ether oxygens (including phenoxy) is 2. The molecule has 0 aromatic heterocycles. The Morgan fingerprint density at radius 3 is 2.42 bits per heavy atom. The van der Waals surface area contributed by atoms with Crippen molar-refractivity contribution < 1.29 is 9.47 Å². The average Bonchev–Trinajstić information content (AvgIpc) is 2.81. The molecule has 1 heterocycles. The lowest BCUT2D eigenvalue weighted by atomic mass is 9.74. The molecule has 0 bridgehead atoms. The van der Waals surface area contributed by atoms with Crippen molar-refractivity contribution in [2.45, 2.75) is 64.8 Å². The summed E-state index contributed by atoms with van der Waals surface area (Å²) < 4.78 is 11.3. The van der Waals surface area contributed by atoms with E-state index in [0.29, 0.717) is 12.6 Å². The fourth-order valence-corrected chi connectivity index (χ4v) is 4.32. The van der Waals surface area contributed by atoms with Crippen LogP contribution >= 0.6 is 0 Å². The van der Waals surface area contributed by atoms with E-state index in [2.05, 4.69) is 65.6 Å². The SMILES string of the molecule is CCOc1ccc(C2(CNC(=NC)NC(C)CCCN(CC)CC)CCOCC2)cc1. The van der Waals surface area contributed by atoms with Crippen LogP contribution in [-0.2, 0) is 10.2 Å². The topological polar surface area (TPSA) is 58.1 Å². The lowest BCUT2D eigenvalue weighted by Crippen LogP contribution is -2.49. The molecule has 0 aliphatic carbocycles. The fourth-order valence-electron chi connectivity index (χ4n) is 4.32. The number of hydrogen-bond donors (Lipinski definition) is 2. The van der Waals surface area contributed by atoms with E-state index in [1.165, 1.54) is 12.0 Å². The van der Waals surface area contributed by atoms with E-state index < -0.39 is 0 Å². The van der Waals surface area contributed by atoms with Gasteiger partial charge in [-0.25, -0.2) is 0 Å². The second kappa shape index (κ2) is 13.6. The molecular formula is C25H44N4O2. The molecular weight excluding hydrogens is 388 g/mol.